The van der Waals surface area contributed by atoms with Crippen LogP contribution in [0.5, 0.6) is 17.2 Å². The Kier molecular flexibility index (Phi) is 10.1. The molecule has 12 nitrogen and oxygen atoms in total. The Balaban J connectivity index is 1.31. The Morgan fingerprint density at radius 1 is 0.849 bits per heavy atom. The molecule has 2 aliphatic rings. The molecule has 4 aromatic carbocycles. The van der Waals surface area contributed by atoms with E-state index in [0.29, 0.717) is 18.8 Å². The van der Waals surface area contributed by atoms with E-state index in [9.17, 15) is 21.6 Å². The zero-order chi connectivity index (χ0) is 37.2. The second-order valence-corrected chi connectivity index (χ2v) is 16.0. The predicted octanol–water partition coefficient (Wildman–Crippen LogP) is 6.17. The van der Waals surface area contributed by atoms with Crippen LogP contribution in [0.25, 0.3) is 0 Å². The predicted molar refractivity (Wildman–Crippen MR) is 196 cm³/mol. The van der Waals surface area contributed by atoms with Gasteiger partial charge in [0.15, 0.2) is 5.75 Å². The van der Waals surface area contributed by atoms with Gasteiger partial charge in [-0.3, -0.25) is 9.78 Å². The van der Waals surface area contributed by atoms with Gasteiger partial charge in [0, 0.05) is 55.5 Å². The number of benzene rings is 4. The van der Waals surface area contributed by atoms with Crippen LogP contribution in [0.3, 0.4) is 0 Å². The highest BCUT2D eigenvalue weighted by atomic mass is 32.2. The number of hydrogen-bond acceptors (Lipinski definition) is 11. The first-order chi connectivity index (χ1) is 25.4. The average molecular weight is 756 g/mol. The van der Waals surface area contributed by atoms with Crippen molar-refractivity contribution < 1.29 is 39.5 Å². The number of rotatable bonds is 12. The van der Waals surface area contributed by atoms with Gasteiger partial charge in [0.25, 0.3) is 5.91 Å². The Labute approximate surface area is 308 Å². The van der Waals surface area contributed by atoms with E-state index in [1.165, 1.54) is 30.3 Å². The summed E-state index contributed by atoms with van der Waals surface area (Å²) in [4.78, 5) is 20.1. The number of fused-ring (bicyclic) bond motifs is 1. The molecule has 1 saturated heterocycles. The van der Waals surface area contributed by atoms with Gasteiger partial charge >= 0.3 is 20.2 Å². The largest absolute Gasteiger partial charge is 0.488 e. The first-order valence-electron chi connectivity index (χ1n) is 16.9. The van der Waals surface area contributed by atoms with Crippen LogP contribution in [0.1, 0.15) is 44.6 Å². The number of aromatic nitrogens is 1. The minimum absolute atomic E-state index is 0.0931. The molecule has 1 fully saturated rings. The molecule has 1 N–H and O–H groups in total. The third-order valence-corrected chi connectivity index (χ3v) is 11.5. The quantitative estimate of drug-likeness (QED) is 0.146. The van der Waals surface area contributed by atoms with Gasteiger partial charge in [-0.1, -0.05) is 53.6 Å². The zero-order valence-corrected chi connectivity index (χ0v) is 30.7. The van der Waals surface area contributed by atoms with Crippen LogP contribution in [0.4, 0.5) is 5.69 Å². The molecule has 1 amide bonds. The Morgan fingerprint density at radius 2 is 1.53 bits per heavy atom. The number of nitrogens with zero attached hydrogens (tertiary/aromatic N) is 2. The van der Waals surface area contributed by atoms with Gasteiger partial charge in [0.2, 0.25) is 0 Å². The zero-order valence-electron chi connectivity index (χ0n) is 29.0. The van der Waals surface area contributed by atoms with E-state index in [4.69, 9.17) is 17.8 Å². The summed E-state index contributed by atoms with van der Waals surface area (Å²) in [5.41, 5.74) is 4.80. The maximum absolute atomic E-state index is 14.7. The third kappa shape index (κ3) is 8.14. The standard InChI is InChI=1S/C39H37N3O9S2/c1-26-8-12-32(13-9-26)52(44,45)50-31-19-36(49-24-28-5-4-17-40-21-28)38(37(20-31)51-53(46,47)33-14-10-27(2)11-15-33)39(43)42-22-29-6-3-7-35(34(29)23-42)41-30-16-18-48-25-30/h3-15,17,19-21,30,41H,16,18,22-25H2,1-2H3. The van der Waals surface area contributed by atoms with E-state index < -0.39 is 31.9 Å². The number of anilines is 1. The SMILES string of the molecule is Cc1ccc(S(=O)(=O)Oc2cc(OCc3cccnc3)c(C(=O)N3Cc4cccc(NC5CCOC5)c4C3)c(OS(=O)(=O)c3ccc(C)cc3)c2)cc1. The highest BCUT2D eigenvalue weighted by Gasteiger charge is 2.34. The van der Waals surface area contributed by atoms with Crippen LogP contribution in [0.2, 0.25) is 0 Å². The van der Waals surface area contributed by atoms with Crippen molar-refractivity contribution in [1.82, 2.24) is 9.88 Å². The maximum Gasteiger partial charge on any atom is 0.339 e. The summed E-state index contributed by atoms with van der Waals surface area (Å²) in [6, 6.07) is 23.8. The van der Waals surface area contributed by atoms with E-state index >= 15 is 0 Å². The monoisotopic (exact) mass is 755 g/mol. The molecule has 14 heteroatoms. The molecular weight excluding hydrogens is 719 g/mol. The number of aryl methyl sites for hydroxylation is 2. The summed E-state index contributed by atoms with van der Waals surface area (Å²) in [5.74, 6) is -1.54. The van der Waals surface area contributed by atoms with E-state index in [0.717, 1.165) is 40.4 Å². The van der Waals surface area contributed by atoms with Crippen LogP contribution in [0, 0.1) is 13.8 Å². The van der Waals surface area contributed by atoms with E-state index in [2.05, 4.69) is 10.3 Å². The van der Waals surface area contributed by atoms with Gasteiger partial charge in [-0.05, 0) is 67.8 Å². The van der Waals surface area contributed by atoms with E-state index in [1.54, 1.807) is 53.7 Å². The molecule has 1 atom stereocenters. The van der Waals surface area contributed by atoms with Gasteiger partial charge in [-0.2, -0.15) is 16.8 Å². The molecule has 1 aromatic heterocycles. The Hall–Kier alpha value is -5.44. The van der Waals surface area contributed by atoms with Gasteiger partial charge in [0.1, 0.15) is 33.5 Å². The molecule has 0 saturated carbocycles. The van der Waals surface area contributed by atoms with Crippen molar-refractivity contribution in [3.8, 4) is 17.2 Å². The highest BCUT2D eigenvalue weighted by Crippen LogP contribution is 2.40. The van der Waals surface area contributed by atoms with Crippen molar-refractivity contribution in [2.75, 3.05) is 18.5 Å². The van der Waals surface area contributed by atoms with E-state index in [1.807, 2.05) is 32.0 Å². The Bertz CT molecular complexity index is 2350. The number of hydrogen-bond donors (Lipinski definition) is 1. The van der Waals surface area contributed by atoms with Gasteiger partial charge in [0.05, 0.1) is 12.6 Å². The number of pyridine rings is 1. The molecule has 0 radical (unpaired) electrons. The van der Waals surface area contributed by atoms with E-state index in [-0.39, 0.29) is 52.6 Å². The average Bonchev–Trinajstić information content (AvgIpc) is 3.82. The molecule has 3 heterocycles. The first kappa shape index (κ1) is 35.9. The van der Waals surface area contributed by atoms with Crippen molar-refractivity contribution in [2.45, 2.75) is 55.8 Å². The topological polar surface area (TPSA) is 150 Å². The molecule has 0 aliphatic carbocycles. The minimum atomic E-state index is -4.55. The number of carbonyl (C=O) groups excluding carboxylic acids is 1. The van der Waals surface area contributed by atoms with Crippen LogP contribution < -0.4 is 18.4 Å². The number of amides is 1. The molecule has 5 aromatic rings. The second-order valence-electron chi connectivity index (χ2n) is 13.0. The smallest absolute Gasteiger partial charge is 0.339 e. The van der Waals surface area contributed by atoms with Gasteiger partial charge < -0.3 is 28.1 Å². The Morgan fingerprint density at radius 3 is 2.17 bits per heavy atom. The molecule has 7 rings (SSSR count). The fraction of sp³-hybridized carbons (Fsp3) is 0.231. The van der Waals surface area contributed by atoms with Crippen molar-refractivity contribution >= 4 is 31.8 Å². The molecule has 274 valence electrons. The highest BCUT2D eigenvalue weighted by molar-refractivity contribution is 7.87. The summed E-state index contributed by atoms with van der Waals surface area (Å²) in [7, 11) is -8.96. The van der Waals surface area contributed by atoms with Gasteiger partial charge in [-0.15, -0.1) is 0 Å². The fourth-order valence-corrected chi connectivity index (χ4v) is 7.98. The number of nitrogens with one attached hydrogen (secondary N) is 1. The van der Waals surface area contributed by atoms with Gasteiger partial charge in [-0.25, -0.2) is 0 Å². The first-order valence-corrected chi connectivity index (χ1v) is 19.7. The maximum atomic E-state index is 14.7. The summed E-state index contributed by atoms with van der Waals surface area (Å²) < 4.78 is 77.4. The second kappa shape index (κ2) is 14.9. The van der Waals surface area contributed by atoms with Crippen molar-refractivity contribution in [1.29, 1.82) is 0 Å². The molecule has 53 heavy (non-hydrogen) atoms. The molecule has 2 aliphatic heterocycles. The molecule has 0 bridgehead atoms. The number of ether oxygens (including phenoxy) is 2. The summed E-state index contributed by atoms with van der Waals surface area (Å²) in [6.07, 6.45) is 4.02. The molecule has 1 unspecified atom stereocenters. The lowest BCUT2D eigenvalue weighted by Crippen LogP contribution is -2.27. The third-order valence-electron chi connectivity index (χ3n) is 8.95. The van der Waals surface area contributed by atoms with Crippen molar-refractivity contribution in [2.24, 2.45) is 0 Å². The van der Waals surface area contributed by atoms with Crippen LogP contribution in [0.15, 0.2) is 113 Å². The van der Waals surface area contributed by atoms with Crippen LogP contribution in [-0.4, -0.2) is 51.9 Å². The molecular formula is C39H37N3O9S2. The van der Waals surface area contributed by atoms with Crippen molar-refractivity contribution in [3.63, 3.8) is 0 Å². The summed E-state index contributed by atoms with van der Waals surface area (Å²) in [6.45, 7) is 5.20. The van der Waals surface area contributed by atoms with Crippen LogP contribution >= 0.6 is 0 Å². The minimum Gasteiger partial charge on any atom is -0.488 e. The lowest BCUT2D eigenvalue weighted by atomic mass is 10.1. The number of carbonyl (C=O) groups is 1. The normalized spacial score (nSPS) is 15.5. The summed E-state index contributed by atoms with van der Waals surface area (Å²) >= 11 is 0. The summed E-state index contributed by atoms with van der Waals surface area (Å²) in [5, 5.41) is 3.53. The van der Waals surface area contributed by atoms with Crippen molar-refractivity contribution in [3.05, 3.63) is 137 Å². The van der Waals surface area contributed by atoms with Crippen LogP contribution in [-0.2, 0) is 44.7 Å². The lowest BCUT2D eigenvalue weighted by Gasteiger charge is -2.22. The fourth-order valence-electron chi connectivity index (χ4n) is 6.13. The molecule has 0 spiro atoms. The lowest BCUT2D eigenvalue weighted by molar-refractivity contribution is 0.0744.